The Kier molecular flexibility index (Phi) is 4.76. The summed E-state index contributed by atoms with van der Waals surface area (Å²) in [6, 6.07) is -0.615. The number of esters is 1. The van der Waals surface area contributed by atoms with Crippen LogP contribution in [-0.4, -0.2) is 24.5 Å². The van der Waals surface area contributed by atoms with Gasteiger partial charge in [0.15, 0.2) is 0 Å². The third-order valence-electron chi connectivity index (χ3n) is 1.18. The van der Waals surface area contributed by atoms with Gasteiger partial charge in [-0.15, -0.1) is 0 Å². The summed E-state index contributed by atoms with van der Waals surface area (Å²) < 4.78 is 4.66. The van der Waals surface area contributed by atoms with E-state index in [2.05, 4.69) is 16.6 Å². The highest BCUT2D eigenvalue weighted by atomic mass is 16.5. The number of amides is 1. The average Bonchev–Trinajstić information content (AvgIpc) is 2.04. The average molecular weight is 171 g/mol. The molecule has 4 heteroatoms. The number of ether oxygens (including phenoxy) is 1. The number of rotatable bonds is 4. The van der Waals surface area contributed by atoms with Crippen molar-refractivity contribution in [2.24, 2.45) is 0 Å². The predicted octanol–water partition coefficient (Wildman–Crippen LogP) is 0.240. The van der Waals surface area contributed by atoms with Gasteiger partial charge in [0.25, 0.3) is 0 Å². The van der Waals surface area contributed by atoms with Crippen molar-refractivity contribution in [3.05, 3.63) is 12.7 Å². The summed E-state index contributed by atoms with van der Waals surface area (Å²) in [6.07, 6.45) is 1.11. The van der Waals surface area contributed by atoms with E-state index in [4.69, 9.17) is 0 Å². The molecule has 1 amide bonds. The van der Waals surface area contributed by atoms with Crippen LogP contribution in [0.5, 0.6) is 0 Å². The van der Waals surface area contributed by atoms with Crippen LogP contribution in [0, 0.1) is 0 Å². The van der Waals surface area contributed by atoms with Gasteiger partial charge in [0, 0.05) is 0 Å². The maximum atomic E-state index is 10.9. The molecule has 0 radical (unpaired) electrons. The minimum absolute atomic E-state index is 0.313. The van der Waals surface area contributed by atoms with Crippen LogP contribution in [0.1, 0.15) is 13.8 Å². The van der Waals surface area contributed by atoms with Gasteiger partial charge in [0.1, 0.15) is 6.04 Å². The Morgan fingerprint density at radius 3 is 2.67 bits per heavy atom. The van der Waals surface area contributed by atoms with Crippen molar-refractivity contribution < 1.29 is 14.3 Å². The van der Waals surface area contributed by atoms with Gasteiger partial charge in [0.05, 0.1) is 6.61 Å². The zero-order chi connectivity index (χ0) is 9.56. The normalized spacial score (nSPS) is 11.5. The molecule has 0 saturated carbocycles. The summed E-state index contributed by atoms with van der Waals surface area (Å²) in [5, 5.41) is 2.38. The second kappa shape index (κ2) is 5.35. The van der Waals surface area contributed by atoms with Gasteiger partial charge in [-0.05, 0) is 19.9 Å². The van der Waals surface area contributed by atoms with Gasteiger partial charge in [-0.25, -0.2) is 4.79 Å². The number of hydrogen-bond acceptors (Lipinski definition) is 3. The summed E-state index contributed by atoms with van der Waals surface area (Å²) in [5.74, 6) is -0.816. The SMILES string of the molecule is C=CC(=O)N[C@@H](C)C(=O)OCC. The van der Waals surface area contributed by atoms with E-state index < -0.39 is 12.0 Å². The molecule has 0 heterocycles. The van der Waals surface area contributed by atoms with Crippen molar-refractivity contribution in [1.29, 1.82) is 0 Å². The highest BCUT2D eigenvalue weighted by molar-refractivity contribution is 5.90. The molecule has 1 atom stereocenters. The van der Waals surface area contributed by atoms with Crippen molar-refractivity contribution in [2.75, 3.05) is 6.61 Å². The van der Waals surface area contributed by atoms with Crippen molar-refractivity contribution in [2.45, 2.75) is 19.9 Å². The van der Waals surface area contributed by atoms with E-state index in [1.807, 2.05) is 0 Å². The van der Waals surface area contributed by atoms with Crippen LogP contribution in [0.25, 0.3) is 0 Å². The van der Waals surface area contributed by atoms with E-state index in [0.29, 0.717) is 6.61 Å². The predicted molar refractivity (Wildman–Crippen MR) is 44.4 cm³/mol. The minimum Gasteiger partial charge on any atom is -0.464 e. The highest BCUT2D eigenvalue weighted by Crippen LogP contribution is 1.87. The first kappa shape index (κ1) is 10.7. The lowest BCUT2D eigenvalue weighted by Gasteiger charge is -2.10. The quantitative estimate of drug-likeness (QED) is 0.487. The molecule has 0 aromatic carbocycles. The van der Waals surface area contributed by atoms with Crippen molar-refractivity contribution >= 4 is 11.9 Å². The van der Waals surface area contributed by atoms with Crippen LogP contribution in [0.3, 0.4) is 0 Å². The molecule has 1 N–H and O–H groups in total. The van der Waals surface area contributed by atoms with Gasteiger partial charge in [0.2, 0.25) is 5.91 Å². The van der Waals surface area contributed by atoms with E-state index >= 15 is 0 Å². The largest absolute Gasteiger partial charge is 0.464 e. The van der Waals surface area contributed by atoms with Crippen LogP contribution in [-0.2, 0) is 14.3 Å². The van der Waals surface area contributed by atoms with Gasteiger partial charge >= 0.3 is 5.97 Å². The number of carbonyl (C=O) groups excluding carboxylic acids is 2. The second-order valence-electron chi connectivity index (χ2n) is 2.19. The lowest BCUT2D eigenvalue weighted by molar-refractivity contribution is -0.146. The van der Waals surface area contributed by atoms with E-state index in [0.717, 1.165) is 6.08 Å². The van der Waals surface area contributed by atoms with Gasteiger partial charge in [-0.1, -0.05) is 6.58 Å². The monoisotopic (exact) mass is 171 g/mol. The number of hydrogen-bond donors (Lipinski definition) is 1. The van der Waals surface area contributed by atoms with Crippen LogP contribution < -0.4 is 5.32 Å². The first-order valence-corrected chi connectivity index (χ1v) is 3.71. The maximum Gasteiger partial charge on any atom is 0.328 e. The Morgan fingerprint density at radius 2 is 2.25 bits per heavy atom. The molecule has 0 aliphatic heterocycles. The lowest BCUT2D eigenvalue weighted by Crippen LogP contribution is -2.38. The molecule has 4 nitrogen and oxygen atoms in total. The standard InChI is InChI=1S/C8H13NO3/c1-4-7(10)9-6(3)8(11)12-5-2/h4,6H,1,5H2,2-3H3,(H,9,10)/t6-/m0/s1. The number of nitrogens with one attached hydrogen (secondary N) is 1. The van der Waals surface area contributed by atoms with Crippen LogP contribution in [0.15, 0.2) is 12.7 Å². The van der Waals surface area contributed by atoms with E-state index in [9.17, 15) is 9.59 Å². The van der Waals surface area contributed by atoms with Crippen LogP contribution in [0.2, 0.25) is 0 Å². The Balaban J connectivity index is 3.85. The molecule has 0 aliphatic carbocycles. The van der Waals surface area contributed by atoms with Gasteiger partial charge < -0.3 is 10.1 Å². The molecule has 0 aromatic heterocycles. The molecule has 0 rings (SSSR count). The minimum atomic E-state index is -0.615. The van der Waals surface area contributed by atoms with Gasteiger partial charge in [-0.3, -0.25) is 4.79 Å². The second-order valence-corrected chi connectivity index (χ2v) is 2.19. The Labute approximate surface area is 71.6 Å². The van der Waals surface area contributed by atoms with Crippen LogP contribution >= 0.6 is 0 Å². The zero-order valence-corrected chi connectivity index (χ0v) is 7.29. The van der Waals surface area contributed by atoms with E-state index in [-0.39, 0.29) is 5.91 Å². The fraction of sp³-hybridized carbons (Fsp3) is 0.500. The third-order valence-corrected chi connectivity index (χ3v) is 1.18. The van der Waals surface area contributed by atoms with Crippen molar-refractivity contribution in [1.82, 2.24) is 5.32 Å². The molecule has 0 unspecified atom stereocenters. The highest BCUT2D eigenvalue weighted by Gasteiger charge is 2.14. The zero-order valence-electron chi connectivity index (χ0n) is 7.29. The molecule has 0 saturated heterocycles. The fourth-order valence-corrected chi connectivity index (χ4v) is 0.598. The molecule has 0 spiro atoms. The molecule has 0 aromatic rings. The Bertz CT molecular complexity index is 189. The fourth-order valence-electron chi connectivity index (χ4n) is 0.598. The first-order valence-electron chi connectivity index (χ1n) is 3.71. The molecule has 0 fully saturated rings. The lowest BCUT2D eigenvalue weighted by atomic mass is 10.3. The van der Waals surface area contributed by atoms with Crippen molar-refractivity contribution in [3.63, 3.8) is 0 Å². The van der Waals surface area contributed by atoms with Crippen LogP contribution in [0.4, 0.5) is 0 Å². The summed E-state index contributed by atoms with van der Waals surface area (Å²) in [5.41, 5.74) is 0. The molecule has 0 bridgehead atoms. The van der Waals surface area contributed by atoms with E-state index in [1.165, 1.54) is 0 Å². The summed E-state index contributed by atoms with van der Waals surface area (Å²) in [7, 11) is 0. The van der Waals surface area contributed by atoms with E-state index in [1.54, 1.807) is 13.8 Å². The molecule has 12 heavy (non-hydrogen) atoms. The maximum absolute atomic E-state index is 10.9. The Hall–Kier alpha value is -1.32. The van der Waals surface area contributed by atoms with Gasteiger partial charge in [-0.2, -0.15) is 0 Å². The first-order chi connectivity index (χ1) is 5.61. The summed E-state index contributed by atoms with van der Waals surface area (Å²) in [6.45, 7) is 6.83. The molecule has 68 valence electrons. The topological polar surface area (TPSA) is 55.4 Å². The summed E-state index contributed by atoms with van der Waals surface area (Å²) in [4.78, 5) is 21.6. The molecular weight excluding hydrogens is 158 g/mol. The molecular formula is C8H13NO3. The third kappa shape index (κ3) is 3.75. The smallest absolute Gasteiger partial charge is 0.328 e. The Morgan fingerprint density at radius 1 is 1.67 bits per heavy atom. The number of carbonyl (C=O) groups is 2. The molecule has 0 aliphatic rings. The summed E-state index contributed by atoms with van der Waals surface area (Å²) >= 11 is 0. The van der Waals surface area contributed by atoms with Crippen molar-refractivity contribution in [3.8, 4) is 0 Å².